The number of aromatic nitrogens is 2. The summed E-state index contributed by atoms with van der Waals surface area (Å²) in [7, 11) is 0. The van der Waals surface area contributed by atoms with Crippen molar-refractivity contribution in [2.45, 2.75) is 13.5 Å². The molecule has 2 rings (SSSR count). The van der Waals surface area contributed by atoms with E-state index >= 15 is 0 Å². The van der Waals surface area contributed by atoms with Gasteiger partial charge in [0.15, 0.2) is 0 Å². The van der Waals surface area contributed by atoms with Gasteiger partial charge in [0.25, 0.3) is 5.69 Å². The molecule has 0 saturated heterocycles. The number of nitrogens with one attached hydrogen (secondary N) is 1. The summed E-state index contributed by atoms with van der Waals surface area (Å²) in [6.45, 7) is 2.89. The minimum Gasteiger partial charge on any atom is -0.378 e. The number of anilines is 1. The Morgan fingerprint density at radius 2 is 2.30 bits per heavy atom. The molecule has 8 heteroatoms. The van der Waals surface area contributed by atoms with Crippen molar-refractivity contribution in [1.29, 1.82) is 0 Å². The van der Waals surface area contributed by atoms with Crippen LogP contribution in [0.15, 0.2) is 24.5 Å². The van der Waals surface area contributed by atoms with Gasteiger partial charge in [0.2, 0.25) is 0 Å². The Balaban J connectivity index is 2.08. The van der Waals surface area contributed by atoms with Gasteiger partial charge in [-0.1, -0.05) is 0 Å². The maximum absolute atomic E-state index is 13.5. The first-order valence-electron chi connectivity index (χ1n) is 5.83. The second kappa shape index (κ2) is 6.16. The molecule has 6 nitrogen and oxygen atoms in total. The average Bonchev–Trinajstić information content (AvgIpc) is 2.79. The third-order valence-corrected chi connectivity index (χ3v) is 3.48. The number of hydrogen-bond donors (Lipinski definition) is 1. The summed E-state index contributed by atoms with van der Waals surface area (Å²) >= 11 is 1.73. The third-order valence-electron chi connectivity index (χ3n) is 2.65. The first-order valence-corrected chi connectivity index (χ1v) is 6.91. The Labute approximate surface area is 128 Å². The van der Waals surface area contributed by atoms with Crippen molar-refractivity contribution >= 4 is 34.0 Å². The van der Waals surface area contributed by atoms with E-state index in [0.717, 1.165) is 11.6 Å². The Morgan fingerprint density at radius 3 is 2.90 bits per heavy atom. The van der Waals surface area contributed by atoms with E-state index in [0.29, 0.717) is 13.1 Å². The van der Waals surface area contributed by atoms with Crippen LogP contribution in [0.1, 0.15) is 5.56 Å². The van der Waals surface area contributed by atoms with Gasteiger partial charge in [-0.2, -0.15) is 5.10 Å². The van der Waals surface area contributed by atoms with E-state index < -0.39 is 10.7 Å². The van der Waals surface area contributed by atoms with Crippen LogP contribution in [-0.4, -0.2) is 21.2 Å². The van der Waals surface area contributed by atoms with Crippen LogP contribution in [0.2, 0.25) is 0 Å². The zero-order valence-electron chi connectivity index (χ0n) is 10.6. The number of benzene rings is 1. The molecule has 1 aromatic heterocycles. The third kappa shape index (κ3) is 3.44. The first kappa shape index (κ1) is 14.7. The monoisotopic (exact) mass is 390 g/mol. The van der Waals surface area contributed by atoms with Gasteiger partial charge in [-0.05, 0) is 35.1 Å². The molecule has 0 fully saturated rings. The number of rotatable bonds is 5. The molecule has 0 aliphatic carbocycles. The zero-order chi connectivity index (χ0) is 14.7. The maximum Gasteiger partial charge on any atom is 0.293 e. The van der Waals surface area contributed by atoms with Crippen LogP contribution in [0.5, 0.6) is 0 Å². The molecule has 0 radical (unpaired) electrons. The standard InChI is InChI=1S/C12H12FIN4O2/c1-8-6-16-17(7-8)3-2-15-11-4-9(13)10(14)5-12(11)18(19)20/h4-7,15H,2-3H2,1H3. The van der Waals surface area contributed by atoms with E-state index in [1.807, 2.05) is 13.1 Å². The molecule has 0 unspecified atom stereocenters. The average molecular weight is 390 g/mol. The fourth-order valence-electron chi connectivity index (χ4n) is 1.72. The van der Waals surface area contributed by atoms with E-state index in [-0.39, 0.29) is 14.9 Å². The van der Waals surface area contributed by atoms with E-state index in [1.54, 1.807) is 33.5 Å². The van der Waals surface area contributed by atoms with Gasteiger partial charge in [0.05, 0.1) is 21.2 Å². The SMILES string of the molecule is Cc1cnn(CCNc2cc(F)c(I)cc2[N+](=O)[O-])c1. The normalized spacial score (nSPS) is 10.6. The Kier molecular flexibility index (Phi) is 4.53. The number of nitro groups is 1. The summed E-state index contributed by atoms with van der Waals surface area (Å²) < 4.78 is 15.4. The van der Waals surface area contributed by atoms with Crippen molar-refractivity contribution in [3.63, 3.8) is 0 Å². The van der Waals surface area contributed by atoms with Gasteiger partial charge in [-0.25, -0.2) is 4.39 Å². The molecule has 2 aromatic rings. The lowest BCUT2D eigenvalue weighted by Crippen LogP contribution is -2.12. The summed E-state index contributed by atoms with van der Waals surface area (Å²) in [5.74, 6) is -0.478. The van der Waals surface area contributed by atoms with Gasteiger partial charge in [-0.15, -0.1) is 0 Å². The molecule has 0 atom stereocenters. The molecule has 0 saturated carbocycles. The minimum absolute atomic E-state index is 0.132. The molecule has 0 amide bonds. The highest BCUT2D eigenvalue weighted by Crippen LogP contribution is 2.28. The number of halogens is 2. The minimum atomic E-state index is -0.526. The lowest BCUT2D eigenvalue weighted by Gasteiger charge is -2.08. The molecule has 106 valence electrons. The van der Waals surface area contributed by atoms with E-state index in [9.17, 15) is 14.5 Å². The van der Waals surface area contributed by atoms with Gasteiger partial charge < -0.3 is 5.32 Å². The molecule has 1 N–H and O–H groups in total. The highest BCUT2D eigenvalue weighted by molar-refractivity contribution is 14.1. The first-order chi connectivity index (χ1) is 9.47. The Morgan fingerprint density at radius 1 is 1.55 bits per heavy atom. The van der Waals surface area contributed by atoms with E-state index in [4.69, 9.17) is 0 Å². The van der Waals surface area contributed by atoms with Gasteiger partial charge in [0.1, 0.15) is 11.5 Å². The van der Waals surface area contributed by atoms with Crippen LogP contribution in [0.3, 0.4) is 0 Å². The smallest absolute Gasteiger partial charge is 0.293 e. The fourth-order valence-corrected chi connectivity index (χ4v) is 2.17. The molecule has 20 heavy (non-hydrogen) atoms. The van der Waals surface area contributed by atoms with Crippen LogP contribution in [-0.2, 0) is 6.54 Å². The largest absolute Gasteiger partial charge is 0.378 e. The quantitative estimate of drug-likeness (QED) is 0.484. The maximum atomic E-state index is 13.5. The predicted molar refractivity (Wildman–Crippen MR) is 81.2 cm³/mol. The van der Waals surface area contributed by atoms with Crippen molar-refractivity contribution in [2.24, 2.45) is 0 Å². The molecule has 0 bridgehead atoms. The van der Waals surface area contributed by atoms with Crippen LogP contribution in [0, 0.1) is 26.4 Å². The molecule has 0 aliphatic rings. The summed E-state index contributed by atoms with van der Waals surface area (Å²) in [6.07, 6.45) is 3.59. The molecular weight excluding hydrogens is 378 g/mol. The number of nitrogens with zero attached hydrogens (tertiary/aromatic N) is 3. The van der Waals surface area contributed by atoms with Gasteiger partial charge in [-0.3, -0.25) is 14.8 Å². The van der Waals surface area contributed by atoms with Gasteiger partial charge >= 0.3 is 0 Å². The summed E-state index contributed by atoms with van der Waals surface area (Å²) in [6, 6.07) is 2.37. The second-order valence-electron chi connectivity index (χ2n) is 4.25. The molecule has 1 aromatic carbocycles. The Bertz CT molecular complexity index is 644. The number of aryl methyl sites for hydroxylation is 1. The van der Waals surface area contributed by atoms with Crippen LogP contribution in [0.25, 0.3) is 0 Å². The van der Waals surface area contributed by atoms with E-state index in [2.05, 4.69) is 10.4 Å². The summed E-state index contributed by atoms with van der Waals surface area (Å²) in [5.41, 5.74) is 1.08. The zero-order valence-corrected chi connectivity index (χ0v) is 12.8. The van der Waals surface area contributed by atoms with Crippen molar-refractivity contribution < 1.29 is 9.31 Å². The molecule has 0 aliphatic heterocycles. The number of hydrogen-bond acceptors (Lipinski definition) is 4. The summed E-state index contributed by atoms with van der Waals surface area (Å²) in [5, 5.41) is 17.9. The highest BCUT2D eigenvalue weighted by atomic mass is 127. The lowest BCUT2D eigenvalue weighted by atomic mass is 10.2. The fraction of sp³-hybridized carbons (Fsp3) is 0.250. The second-order valence-corrected chi connectivity index (χ2v) is 5.41. The summed E-state index contributed by atoms with van der Waals surface area (Å²) in [4.78, 5) is 10.4. The van der Waals surface area contributed by atoms with Crippen LogP contribution >= 0.6 is 22.6 Å². The van der Waals surface area contributed by atoms with Crippen LogP contribution < -0.4 is 5.32 Å². The number of nitro benzene ring substituents is 1. The topological polar surface area (TPSA) is 73.0 Å². The van der Waals surface area contributed by atoms with Crippen LogP contribution in [0.4, 0.5) is 15.8 Å². The predicted octanol–water partition coefficient (Wildman–Crippen LogP) is 2.96. The van der Waals surface area contributed by atoms with Gasteiger partial charge in [0, 0.05) is 24.9 Å². The molecule has 1 heterocycles. The Hall–Kier alpha value is -1.71. The van der Waals surface area contributed by atoms with Crippen molar-refractivity contribution in [3.05, 3.63) is 49.6 Å². The van der Waals surface area contributed by atoms with Crippen molar-refractivity contribution in [1.82, 2.24) is 9.78 Å². The molecular formula is C12H12FIN4O2. The van der Waals surface area contributed by atoms with Crippen molar-refractivity contribution in [3.8, 4) is 0 Å². The molecule has 0 spiro atoms. The van der Waals surface area contributed by atoms with E-state index in [1.165, 1.54) is 6.07 Å². The highest BCUT2D eigenvalue weighted by Gasteiger charge is 2.17. The lowest BCUT2D eigenvalue weighted by molar-refractivity contribution is -0.384. The van der Waals surface area contributed by atoms with Crippen molar-refractivity contribution in [2.75, 3.05) is 11.9 Å².